The molecule has 10 nitrogen and oxygen atoms in total. The van der Waals surface area contributed by atoms with Crippen LogP contribution < -0.4 is 5.32 Å². The van der Waals surface area contributed by atoms with E-state index in [-0.39, 0.29) is 23.8 Å². The van der Waals surface area contributed by atoms with Gasteiger partial charge in [-0.2, -0.15) is 0 Å². The predicted octanol–water partition coefficient (Wildman–Crippen LogP) is 3.95. The number of amides is 1. The zero-order valence-corrected chi connectivity index (χ0v) is 23.5. The summed E-state index contributed by atoms with van der Waals surface area (Å²) < 4.78 is 29.6. The molecule has 220 valence electrons. The molecule has 0 radical (unpaired) electrons. The Morgan fingerprint density at radius 2 is 1.17 bits per heavy atom. The summed E-state index contributed by atoms with van der Waals surface area (Å²) >= 11 is 0. The van der Waals surface area contributed by atoms with Gasteiger partial charge < -0.3 is 29.0 Å². The van der Waals surface area contributed by atoms with Crippen LogP contribution in [0, 0.1) is 0 Å². The number of benzene rings is 3. The van der Waals surface area contributed by atoms with Crippen LogP contribution in [-0.4, -0.2) is 67.2 Å². The Bertz CT molecular complexity index is 1350. The van der Waals surface area contributed by atoms with Crippen molar-refractivity contribution in [2.24, 2.45) is 0 Å². The second-order valence-corrected chi connectivity index (χ2v) is 9.89. The van der Waals surface area contributed by atoms with E-state index in [1.54, 1.807) is 105 Å². The topological polar surface area (TPSA) is 126 Å². The first-order chi connectivity index (χ1) is 20.2. The molecule has 3 aromatic carbocycles. The van der Waals surface area contributed by atoms with Gasteiger partial charge in [-0.05, 0) is 50.2 Å². The number of rotatable bonds is 10. The Morgan fingerprint density at radius 3 is 1.62 bits per heavy atom. The molecule has 0 bridgehead atoms. The molecule has 1 heterocycles. The maximum Gasteiger partial charge on any atom is 0.338 e. The Kier molecular flexibility index (Phi) is 10.4. The molecule has 42 heavy (non-hydrogen) atoms. The van der Waals surface area contributed by atoms with Crippen LogP contribution in [0.15, 0.2) is 91.0 Å². The van der Waals surface area contributed by atoms with Crippen molar-refractivity contribution in [3.05, 3.63) is 108 Å². The molecule has 4 rings (SSSR count). The highest BCUT2D eigenvalue weighted by Gasteiger charge is 2.52. The summed E-state index contributed by atoms with van der Waals surface area (Å²) in [5, 5.41) is 2.73. The van der Waals surface area contributed by atoms with E-state index in [4.69, 9.17) is 23.7 Å². The van der Waals surface area contributed by atoms with E-state index in [2.05, 4.69) is 5.32 Å². The van der Waals surface area contributed by atoms with Gasteiger partial charge in [-0.1, -0.05) is 54.6 Å². The fourth-order valence-electron chi connectivity index (χ4n) is 4.44. The quantitative estimate of drug-likeness (QED) is 0.282. The van der Waals surface area contributed by atoms with Crippen molar-refractivity contribution in [1.29, 1.82) is 0 Å². The molecule has 0 aromatic heterocycles. The summed E-state index contributed by atoms with van der Waals surface area (Å²) in [6.45, 7) is 4.46. The lowest BCUT2D eigenvalue weighted by Crippen LogP contribution is -2.67. The number of carbonyl (C=O) groups excluding carboxylic acids is 4. The van der Waals surface area contributed by atoms with Crippen LogP contribution in [0.25, 0.3) is 0 Å². The number of ether oxygens (including phenoxy) is 5. The summed E-state index contributed by atoms with van der Waals surface area (Å²) in [6.07, 6.45) is -5.24. The van der Waals surface area contributed by atoms with E-state index in [0.717, 1.165) is 0 Å². The molecule has 0 aliphatic carbocycles. The Labute approximate surface area is 243 Å². The van der Waals surface area contributed by atoms with Gasteiger partial charge in [0.2, 0.25) is 5.91 Å². The van der Waals surface area contributed by atoms with Crippen molar-refractivity contribution in [2.45, 2.75) is 57.5 Å². The highest BCUT2D eigenvalue weighted by atomic mass is 16.7. The highest BCUT2D eigenvalue weighted by Crippen LogP contribution is 2.30. The largest absolute Gasteiger partial charge is 0.459 e. The summed E-state index contributed by atoms with van der Waals surface area (Å²) in [7, 11) is 0. The number of hydrogen-bond donors (Lipinski definition) is 1. The summed E-state index contributed by atoms with van der Waals surface area (Å²) in [6, 6.07) is 23.7. The molecule has 10 heteroatoms. The van der Waals surface area contributed by atoms with Gasteiger partial charge in [0.05, 0.1) is 22.8 Å². The second-order valence-electron chi connectivity index (χ2n) is 9.89. The molecule has 0 saturated carbocycles. The minimum atomic E-state index is -1.31. The van der Waals surface area contributed by atoms with Crippen molar-refractivity contribution >= 4 is 23.8 Å². The molecular weight excluding hydrogens is 542 g/mol. The lowest BCUT2D eigenvalue weighted by molar-refractivity contribution is -0.277. The van der Waals surface area contributed by atoms with Gasteiger partial charge in [-0.15, -0.1) is 0 Å². The average Bonchev–Trinajstić information content (AvgIpc) is 2.99. The second kappa shape index (κ2) is 14.4. The fourth-order valence-corrected chi connectivity index (χ4v) is 4.44. The zero-order chi connectivity index (χ0) is 30.1. The van der Waals surface area contributed by atoms with E-state index < -0.39 is 54.5 Å². The minimum Gasteiger partial charge on any atom is -0.459 e. The lowest BCUT2D eigenvalue weighted by atomic mass is 9.95. The van der Waals surface area contributed by atoms with E-state index in [1.807, 2.05) is 0 Å². The van der Waals surface area contributed by atoms with Gasteiger partial charge >= 0.3 is 17.9 Å². The normalized spacial score (nSPS) is 21.7. The Balaban J connectivity index is 1.71. The first-order valence-corrected chi connectivity index (χ1v) is 13.5. The molecule has 1 fully saturated rings. The lowest BCUT2D eigenvalue weighted by Gasteiger charge is -2.45. The van der Waals surface area contributed by atoms with Crippen LogP contribution in [0.1, 0.15) is 51.8 Å². The first kappa shape index (κ1) is 30.4. The molecular formula is C32H33NO9. The molecule has 5 atom stereocenters. The summed E-state index contributed by atoms with van der Waals surface area (Å²) in [4.78, 5) is 51.7. The third-order valence-electron chi connectivity index (χ3n) is 6.32. The van der Waals surface area contributed by atoms with Crippen molar-refractivity contribution in [2.75, 3.05) is 6.61 Å². The van der Waals surface area contributed by atoms with Crippen molar-refractivity contribution in [3.8, 4) is 0 Å². The molecule has 2 unspecified atom stereocenters. The molecule has 1 N–H and O–H groups in total. The van der Waals surface area contributed by atoms with Crippen LogP contribution >= 0.6 is 0 Å². The SMILES string of the molecule is CC(=O)NC1[C@H](OC(C)C)OC(COC(=O)c2ccccc2)[C@H](OC(=O)c2ccccc2)[C@@H]1OC(=O)c1ccccc1. The van der Waals surface area contributed by atoms with Gasteiger partial charge in [0.1, 0.15) is 18.8 Å². The van der Waals surface area contributed by atoms with Crippen molar-refractivity contribution in [1.82, 2.24) is 5.32 Å². The average molecular weight is 576 g/mol. The molecule has 1 amide bonds. The smallest absolute Gasteiger partial charge is 0.338 e. The van der Waals surface area contributed by atoms with Crippen LogP contribution in [0.4, 0.5) is 0 Å². The third-order valence-corrected chi connectivity index (χ3v) is 6.32. The monoisotopic (exact) mass is 575 g/mol. The van der Waals surface area contributed by atoms with Crippen LogP contribution in [-0.2, 0) is 28.5 Å². The van der Waals surface area contributed by atoms with Crippen LogP contribution in [0.5, 0.6) is 0 Å². The number of nitrogens with one attached hydrogen (secondary N) is 1. The zero-order valence-electron chi connectivity index (χ0n) is 23.5. The van der Waals surface area contributed by atoms with E-state index in [9.17, 15) is 19.2 Å². The van der Waals surface area contributed by atoms with Crippen molar-refractivity contribution < 1.29 is 42.9 Å². The van der Waals surface area contributed by atoms with E-state index in [1.165, 1.54) is 6.92 Å². The van der Waals surface area contributed by atoms with E-state index >= 15 is 0 Å². The van der Waals surface area contributed by atoms with Gasteiger partial charge in [0.25, 0.3) is 0 Å². The van der Waals surface area contributed by atoms with Gasteiger partial charge in [0.15, 0.2) is 18.5 Å². The first-order valence-electron chi connectivity index (χ1n) is 13.5. The van der Waals surface area contributed by atoms with Crippen molar-refractivity contribution in [3.63, 3.8) is 0 Å². The summed E-state index contributed by atoms with van der Waals surface area (Å²) in [5.41, 5.74) is 0.790. The maximum absolute atomic E-state index is 13.3. The highest BCUT2D eigenvalue weighted by molar-refractivity contribution is 5.91. The standard InChI is InChI=1S/C32H33NO9/c1-20(2)39-32-26(33-21(3)34)28(42-31(37)24-17-11-6-12-18-24)27(41-30(36)23-15-9-5-10-16-23)25(40-32)19-38-29(35)22-13-7-4-8-14-22/h4-18,20,25-28,32H,19H2,1-3H3,(H,33,34)/t25?,26?,27-,28+,32+/m0/s1. The Morgan fingerprint density at radius 1 is 0.714 bits per heavy atom. The van der Waals surface area contributed by atoms with Gasteiger partial charge in [-0.25, -0.2) is 14.4 Å². The number of hydrogen-bond acceptors (Lipinski definition) is 9. The summed E-state index contributed by atoms with van der Waals surface area (Å²) in [5.74, 6) is -2.53. The third kappa shape index (κ3) is 8.02. The minimum absolute atomic E-state index is 0.238. The molecule has 3 aromatic rings. The molecule has 1 aliphatic heterocycles. The van der Waals surface area contributed by atoms with Crippen LogP contribution in [0.3, 0.4) is 0 Å². The van der Waals surface area contributed by atoms with E-state index in [0.29, 0.717) is 5.56 Å². The van der Waals surface area contributed by atoms with Gasteiger partial charge in [0, 0.05) is 6.92 Å². The molecule has 0 spiro atoms. The molecule has 1 saturated heterocycles. The fraction of sp³-hybridized carbons (Fsp3) is 0.312. The number of carbonyl (C=O) groups is 4. The van der Waals surface area contributed by atoms with Crippen LogP contribution in [0.2, 0.25) is 0 Å². The predicted molar refractivity (Wildman–Crippen MR) is 151 cm³/mol. The molecule has 1 aliphatic rings. The number of esters is 3. The maximum atomic E-state index is 13.3. The van der Waals surface area contributed by atoms with Gasteiger partial charge in [-0.3, -0.25) is 4.79 Å². The Hall–Kier alpha value is -4.54.